The fourth-order valence-corrected chi connectivity index (χ4v) is 7.47. The molecule has 5 aliphatic rings. The van der Waals surface area contributed by atoms with Gasteiger partial charge < -0.3 is 37.2 Å². The molecule has 2 saturated heterocycles. The Bertz CT molecular complexity index is 1640. The molecule has 230 valence electrons. The molecule has 0 radical (unpaired) electrons. The number of amides is 4. The molecule has 8 N–H and O–H groups in total. The Labute approximate surface area is 253 Å². The standard InChI is InChI=1S/C30H35N9O5/c1-28(2)11-16-7-6-10-18(19(16)12-28)24(41)34-21-14-39-26(32)33-20(23-29(39,30(21,43)44)36-25(31)35-23)13-38-22(40)15-37(27(38)42)17-8-4-3-5-9-17/h3-10,20-21,23,43-44H,11-15H2,1-2H3,(H2,32,33)(H,34,41)(H3,31,35,36)/t20-,21?,23?,29?/m0/s1. The molecule has 14 nitrogen and oxygen atoms in total. The van der Waals surface area contributed by atoms with Crippen LogP contribution < -0.4 is 27.0 Å². The zero-order chi connectivity index (χ0) is 31.2. The number of nitrogens with two attached hydrogens (primary N) is 2. The van der Waals surface area contributed by atoms with Crippen LogP contribution in [0.15, 0.2) is 58.5 Å². The minimum atomic E-state index is -2.65. The molecule has 14 heteroatoms. The maximum absolute atomic E-state index is 13.6. The van der Waals surface area contributed by atoms with E-state index in [4.69, 9.17) is 11.5 Å². The zero-order valence-corrected chi connectivity index (χ0v) is 24.4. The number of urea groups is 1. The maximum Gasteiger partial charge on any atom is 0.331 e. The number of para-hydroxylation sites is 1. The van der Waals surface area contributed by atoms with Gasteiger partial charge in [-0.05, 0) is 47.6 Å². The molecule has 44 heavy (non-hydrogen) atoms. The minimum Gasteiger partial charge on any atom is -0.370 e. The predicted octanol–water partition coefficient (Wildman–Crippen LogP) is -0.945. The van der Waals surface area contributed by atoms with Crippen molar-refractivity contribution in [2.75, 3.05) is 24.5 Å². The Hall–Kier alpha value is -4.69. The Morgan fingerprint density at radius 2 is 1.82 bits per heavy atom. The van der Waals surface area contributed by atoms with Gasteiger partial charge in [-0.2, -0.15) is 0 Å². The number of aliphatic hydroxyl groups is 2. The van der Waals surface area contributed by atoms with Crippen molar-refractivity contribution in [3.63, 3.8) is 0 Å². The van der Waals surface area contributed by atoms with E-state index in [1.165, 1.54) is 9.80 Å². The Kier molecular flexibility index (Phi) is 6.01. The summed E-state index contributed by atoms with van der Waals surface area (Å²) in [5, 5.41) is 29.4. The fraction of sp³-hybridized carbons (Fsp3) is 0.433. The molecular formula is C30H35N9O5. The highest BCUT2D eigenvalue weighted by atomic mass is 16.5. The van der Waals surface area contributed by atoms with Gasteiger partial charge in [0.2, 0.25) is 5.79 Å². The second-order valence-electron chi connectivity index (χ2n) is 12.9. The number of carbonyl (C=O) groups excluding carboxylic acids is 3. The number of hydrogen-bond donors (Lipinski definition) is 6. The molecule has 4 atom stereocenters. The third-order valence-corrected chi connectivity index (χ3v) is 9.44. The van der Waals surface area contributed by atoms with Crippen LogP contribution in [0.5, 0.6) is 0 Å². The summed E-state index contributed by atoms with van der Waals surface area (Å²) in [6.07, 6.45) is 1.57. The van der Waals surface area contributed by atoms with Crippen molar-refractivity contribution in [3.05, 3.63) is 65.2 Å². The number of benzene rings is 2. The molecule has 0 bridgehead atoms. The number of nitrogens with zero attached hydrogens (tertiary/aromatic N) is 5. The molecule has 4 amide bonds. The van der Waals surface area contributed by atoms with E-state index >= 15 is 0 Å². The molecule has 7 rings (SSSR count). The summed E-state index contributed by atoms with van der Waals surface area (Å²) in [5.41, 5.74) is 13.8. The number of carbonyl (C=O) groups is 3. The largest absolute Gasteiger partial charge is 0.370 e. The van der Waals surface area contributed by atoms with Crippen molar-refractivity contribution in [1.82, 2.24) is 20.4 Å². The average Bonchev–Trinajstić information content (AvgIpc) is 3.65. The van der Waals surface area contributed by atoms with E-state index in [0.29, 0.717) is 11.3 Å². The lowest BCUT2D eigenvalue weighted by Crippen LogP contribution is -2.78. The van der Waals surface area contributed by atoms with Crippen molar-refractivity contribution in [2.45, 2.75) is 56.3 Å². The molecule has 4 aliphatic heterocycles. The van der Waals surface area contributed by atoms with Gasteiger partial charge in [-0.1, -0.05) is 44.2 Å². The lowest BCUT2D eigenvalue weighted by Gasteiger charge is -2.49. The quantitative estimate of drug-likeness (QED) is 0.185. The molecule has 3 unspecified atom stereocenters. The Balaban J connectivity index is 1.16. The van der Waals surface area contributed by atoms with Gasteiger partial charge in [0.25, 0.3) is 11.8 Å². The average molecular weight is 602 g/mol. The highest BCUT2D eigenvalue weighted by molar-refractivity contribution is 6.12. The van der Waals surface area contributed by atoms with Crippen LogP contribution in [0.2, 0.25) is 0 Å². The van der Waals surface area contributed by atoms with Gasteiger partial charge in [0, 0.05) is 17.8 Å². The smallest absolute Gasteiger partial charge is 0.331 e. The van der Waals surface area contributed by atoms with Crippen LogP contribution in [-0.2, 0) is 17.6 Å². The van der Waals surface area contributed by atoms with E-state index in [0.717, 1.165) is 28.9 Å². The summed E-state index contributed by atoms with van der Waals surface area (Å²) < 4.78 is 0. The first-order valence-electron chi connectivity index (χ1n) is 14.6. The van der Waals surface area contributed by atoms with Crippen LogP contribution in [0.3, 0.4) is 0 Å². The lowest BCUT2D eigenvalue weighted by atomic mass is 9.84. The molecule has 1 aliphatic carbocycles. The number of imide groups is 1. The van der Waals surface area contributed by atoms with Crippen LogP contribution in [0.1, 0.15) is 35.3 Å². The minimum absolute atomic E-state index is 0.00934. The lowest BCUT2D eigenvalue weighted by molar-refractivity contribution is -0.230. The van der Waals surface area contributed by atoms with Crippen LogP contribution in [0, 0.1) is 5.41 Å². The summed E-state index contributed by atoms with van der Waals surface area (Å²) >= 11 is 0. The summed E-state index contributed by atoms with van der Waals surface area (Å²) in [6.45, 7) is 3.80. The first-order chi connectivity index (χ1) is 20.8. The number of guanidine groups is 2. The van der Waals surface area contributed by atoms with E-state index in [2.05, 4.69) is 34.5 Å². The Morgan fingerprint density at radius 1 is 1.07 bits per heavy atom. The number of anilines is 1. The second kappa shape index (κ2) is 9.40. The first kappa shape index (κ1) is 28.1. The highest BCUT2D eigenvalue weighted by Crippen LogP contribution is 2.45. The third kappa shape index (κ3) is 3.97. The normalized spacial score (nSPS) is 29.5. The van der Waals surface area contributed by atoms with Gasteiger partial charge in [-0.25, -0.2) is 14.8 Å². The van der Waals surface area contributed by atoms with Crippen molar-refractivity contribution in [3.8, 4) is 0 Å². The summed E-state index contributed by atoms with van der Waals surface area (Å²) in [7, 11) is 0. The van der Waals surface area contributed by atoms with Gasteiger partial charge in [0.05, 0.1) is 12.6 Å². The van der Waals surface area contributed by atoms with Crippen molar-refractivity contribution in [1.29, 1.82) is 0 Å². The molecule has 0 aromatic heterocycles. The van der Waals surface area contributed by atoms with Crippen LogP contribution >= 0.6 is 0 Å². The predicted molar refractivity (Wildman–Crippen MR) is 160 cm³/mol. The number of fused-ring (bicyclic) bond motifs is 1. The molecule has 1 spiro atoms. The first-order valence-corrected chi connectivity index (χ1v) is 14.6. The highest BCUT2D eigenvalue weighted by Gasteiger charge is 2.73. The Morgan fingerprint density at radius 3 is 2.57 bits per heavy atom. The number of rotatable bonds is 5. The van der Waals surface area contributed by atoms with Crippen LogP contribution in [-0.4, -0.2) is 99.0 Å². The number of nitrogens with one attached hydrogen (secondary N) is 2. The van der Waals surface area contributed by atoms with Gasteiger partial charge in [-0.3, -0.25) is 19.4 Å². The molecule has 2 aromatic carbocycles. The monoisotopic (exact) mass is 601 g/mol. The number of hydrogen-bond acceptors (Lipinski definition) is 11. The second-order valence-corrected chi connectivity index (χ2v) is 12.9. The molecule has 2 fully saturated rings. The van der Waals surface area contributed by atoms with Crippen molar-refractivity contribution >= 4 is 35.5 Å². The van der Waals surface area contributed by atoms with Crippen LogP contribution in [0.4, 0.5) is 10.5 Å². The fourth-order valence-electron chi connectivity index (χ4n) is 7.47. The van der Waals surface area contributed by atoms with Crippen molar-refractivity contribution in [2.24, 2.45) is 26.9 Å². The van der Waals surface area contributed by atoms with Gasteiger partial charge in [-0.15, -0.1) is 0 Å². The van der Waals surface area contributed by atoms with Gasteiger partial charge in [0.1, 0.15) is 18.6 Å². The number of aliphatic imine (C=N–C) groups is 2. The summed E-state index contributed by atoms with van der Waals surface area (Å²) in [5.74, 6) is -3.71. The van der Waals surface area contributed by atoms with E-state index in [-0.39, 0.29) is 37.0 Å². The molecular weight excluding hydrogens is 566 g/mol. The molecule has 0 saturated carbocycles. The molecule has 4 heterocycles. The molecule has 2 aromatic rings. The summed E-state index contributed by atoms with van der Waals surface area (Å²) in [4.78, 5) is 52.8. The van der Waals surface area contributed by atoms with Gasteiger partial charge in [0.15, 0.2) is 17.6 Å². The van der Waals surface area contributed by atoms with E-state index in [1.54, 1.807) is 30.3 Å². The topological polar surface area (TPSA) is 202 Å². The summed E-state index contributed by atoms with van der Waals surface area (Å²) in [6, 6.07) is 10.6. The van der Waals surface area contributed by atoms with E-state index in [1.807, 2.05) is 18.2 Å². The van der Waals surface area contributed by atoms with E-state index in [9.17, 15) is 24.6 Å². The maximum atomic E-state index is 13.6. The SMILES string of the molecule is CC1(C)Cc2cccc(C(=O)NC3CN4C(N)=N[C@@H](CN5C(=O)CN(c6ccccc6)C5=O)C5N=C(N)NC54C3(O)O)c2C1. The van der Waals surface area contributed by atoms with E-state index < -0.39 is 47.4 Å². The zero-order valence-electron chi connectivity index (χ0n) is 24.4. The van der Waals surface area contributed by atoms with Gasteiger partial charge >= 0.3 is 6.03 Å². The van der Waals surface area contributed by atoms with Crippen LogP contribution in [0.25, 0.3) is 0 Å². The van der Waals surface area contributed by atoms with Crippen molar-refractivity contribution < 1.29 is 24.6 Å². The third-order valence-electron chi connectivity index (χ3n) is 9.44.